The van der Waals surface area contributed by atoms with Crippen LogP contribution in [0.1, 0.15) is 33.9 Å². The van der Waals surface area contributed by atoms with E-state index in [1.54, 1.807) is 12.1 Å². The van der Waals surface area contributed by atoms with Crippen LogP contribution in [0.3, 0.4) is 0 Å². The molecule has 2 aromatic rings. The zero-order valence-corrected chi connectivity index (χ0v) is 13.2. The lowest BCUT2D eigenvalue weighted by Gasteiger charge is -2.13. The molecule has 1 aliphatic heterocycles. The number of nitriles is 1. The average Bonchev–Trinajstić information content (AvgIpc) is 3.04. The van der Waals surface area contributed by atoms with Crippen molar-refractivity contribution in [2.75, 3.05) is 0 Å². The maximum absolute atomic E-state index is 12.9. The second-order valence-electron chi connectivity index (χ2n) is 5.65. The minimum atomic E-state index is -4.43. The smallest absolute Gasteiger partial charge is 0.416 e. The van der Waals surface area contributed by atoms with E-state index in [2.05, 4.69) is 10.3 Å². The Bertz CT molecular complexity index is 946. The fourth-order valence-corrected chi connectivity index (χ4v) is 2.77. The van der Waals surface area contributed by atoms with Crippen LogP contribution < -0.4 is 10.6 Å². The second-order valence-corrected chi connectivity index (χ2v) is 5.65. The summed E-state index contributed by atoms with van der Waals surface area (Å²) in [6, 6.07) is 9.89. The highest BCUT2D eigenvalue weighted by atomic mass is 19.4. The van der Waals surface area contributed by atoms with Gasteiger partial charge >= 0.3 is 6.18 Å². The summed E-state index contributed by atoms with van der Waals surface area (Å²) in [5.41, 5.74) is 0.831. The lowest BCUT2D eigenvalue weighted by Crippen LogP contribution is -2.06. The van der Waals surface area contributed by atoms with E-state index >= 15 is 0 Å². The third-order valence-electron chi connectivity index (χ3n) is 3.95. The molecule has 0 radical (unpaired) electrons. The first-order chi connectivity index (χ1) is 12.3. The lowest BCUT2D eigenvalue weighted by atomic mass is 9.98. The van der Waals surface area contributed by atoms with Gasteiger partial charge in [0.05, 0.1) is 17.2 Å². The topological polar surface area (TPSA) is 108 Å². The number of hydrogen-bond acceptors (Lipinski definition) is 4. The van der Waals surface area contributed by atoms with Gasteiger partial charge in [0.15, 0.2) is 5.84 Å². The third kappa shape index (κ3) is 3.35. The molecule has 0 aliphatic carbocycles. The molecule has 6 nitrogen and oxygen atoms in total. The van der Waals surface area contributed by atoms with E-state index in [9.17, 15) is 18.4 Å². The van der Waals surface area contributed by atoms with Gasteiger partial charge in [0.2, 0.25) is 0 Å². The summed E-state index contributed by atoms with van der Waals surface area (Å²) >= 11 is 0. The number of fused-ring (bicyclic) bond motifs is 1. The highest BCUT2D eigenvalue weighted by Crippen LogP contribution is 2.40. The SMILES string of the molecule is N#Cc1cc(C(=N)N=NN)cc([C@H]2Cc3cc(C(F)(F)F)ccc3O2)c1. The van der Waals surface area contributed by atoms with Crippen molar-refractivity contribution in [3.8, 4) is 11.8 Å². The minimum absolute atomic E-state index is 0.222. The van der Waals surface area contributed by atoms with Gasteiger partial charge in [-0.2, -0.15) is 18.4 Å². The Labute approximate surface area is 146 Å². The molecular formula is C17H12F3N5O. The highest BCUT2D eigenvalue weighted by Gasteiger charge is 2.33. The lowest BCUT2D eigenvalue weighted by molar-refractivity contribution is -0.137. The van der Waals surface area contributed by atoms with Gasteiger partial charge in [-0.25, -0.2) is 0 Å². The van der Waals surface area contributed by atoms with Crippen molar-refractivity contribution in [1.82, 2.24) is 0 Å². The van der Waals surface area contributed by atoms with Crippen molar-refractivity contribution in [2.45, 2.75) is 18.7 Å². The van der Waals surface area contributed by atoms with Gasteiger partial charge < -0.3 is 10.6 Å². The number of alkyl halides is 3. The molecule has 1 atom stereocenters. The van der Waals surface area contributed by atoms with Crippen molar-refractivity contribution < 1.29 is 17.9 Å². The summed E-state index contributed by atoms with van der Waals surface area (Å²) in [4.78, 5) is 0. The van der Waals surface area contributed by atoms with Gasteiger partial charge in [-0.15, -0.1) is 5.11 Å². The number of ether oxygens (including phenoxy) is 1. The van der Waals surface area contributed by atoms with Crippen molar-refractivity contribution in [1.29, 1.82) is 10.7 Å². The highest BCUT2D eigenvalue weighted by molar-refractivity contribution is 5.97. The summed E-state index contributed by atoms with van der Waals surface area (Å²) in [6.07, 6.45) is -4.77. The molecule has 0 spiro atoms. The first-order valence-corrected chi connectivity index (χ1v) is 7.43. The van der Waals surface area contributed by atoms with Crippen LogP contribution in [0.4, 0.5) is 13.2 Å². The standard InChI is InChI=1S/C17H12F3N5O/c18-17(19,20)13-1-2-14-11(6-13)7-15(26-14)10-3-9(8-21)4-12(5-10)16(22)24-25-23/h1-6,15H,7H2,(H3,22,23,24)/t15-/m1/s1. The molecule has 0 saturated carbocycles. The van der Waals surface area contributed by atoms with Crippen molar-refractivity contribution in [2.24, 2.45) is 16.2 Å². The summed E-state index contributed by atoms with van der Waals surface area (Å²) < 4.78 is 44.3. The molecule has 26 heavy (non-hydrogen) atoms. The predicted octanol–water partition coefficient (Wildman–Crippen LogP) is 3.90. The zero-order chi connectivity index (χ0) is 18.9. The van der Waals surface area contributed by atoms with Crippen LogP contribution in [0, 0.1) is 16.7 Å². The minimum Gasteiger partial charge on any atom is -0.485 e. The summed E-state index contributed by atoms with van der Waals surface area (Å²) in [7, 11) is 0. The van der Waals surface area contributed by atoms with E-state index in [4.69, 9.17) is 16.0 Å². The van der Waals surface area contributed by atoms with Crippen LogP contribution in [0.15, 0.2) is 46.7 Å². The molecule has 3 N–H and O–H groups in total. The molecule has 2 aromatic carbocycles. The van der Waals surface area contributed by atoms with Gasteiger partial charge in [0.1, 0.15) is 11.9 Å². The zero-order valence-electron chi connectivity index (χ0n) is 13.2. The van der Waals surface area contributed by atoms with Crippen LogP contribution in [0.5, 0.6) is 5.75 Å². The maximum atomic E-state index is 12.9. The molecule has 0 amide bonds. The van der Waals surface area contributed by atoms with Gasteiger partial charge in [-0.1, -0.05) is 5.22 Å². The van der Waals surface area contributed by atoms with Gasteiger partial charge in [0.25, 0.3) is 0 Å². The molecule has 132 valence electrons. The summed E-state index contributed by atoms with van der Waals surface area (Å²) in [5, 5.41) is 23.4. The second kappa shape index (κ2) is 6.48. The van der Waals surface area contributed by atoms with Gasteiger partial charge in [-0.3, -0.25) is 5.41 Å². The Hall–Kier alpha value is -3.41. The molecule has 3 rings (SSSR count). The van der Waals surface area contributed by atoms with Crippen LogP contribution in [0.2, 0.25) is 0 Å². The Morgan fingerprint density at radius 3 is 2.69 bits per heavy atom. The molecule has 0 fully saturated rings. The summed E-state index contributed by atoms with van der Waals surface area (Å²) in [6.45, 7) is 0. The van der Waals surface area contributed by atoms with Gasteiger partial charge in [-0.05, 0) is 47.5 Å². The number of nitrogens with one attached hydrogen (secondary N) is 1. The van der Waals surface area contributed by atoms with Crippen LogP contribution >= 0.6 is 0 Å². The van der Waals surface area contributed by atoms with Crippen LogP contribution in [-0.2, 0) is 12.6 Å². The molecule has 0 saturated heterocycles. The van der Waals surface area contributed by atoms with Crippen molar-refractivity contribution in [3.05, 3.63) is 64.2 Å². The Kier molecular flexibility index (Phi) is 4.34. The first-order valence-electron chi connectivity index (χ1n) is 7.43. The Balaban J connectivity index is 1.94. The third-order valence-corrected chi connectivity index (χ3v) is 3.95. The number of hydrogen-bond donors (Lipinski definition) is 2. The normalized spacial score (nSPS) is 16.2. The Morgan fingerprint density at radius 1 is 1.27 bits per heavy atom. The fraction of sp³-hybridized carbons (Fsp3) is 0.176. The monoisotopic (exact) mass is 359 g/mol. The largest absolute Gasteiger partial charge is 0.485 e. The van der Waals surface area contributed by atoms with Gasteiger partial charge in [0, 0.05) is 12.0 Å². The molecular weight excluding hydrogens is 347 g/mol. The Morgan fingerprint density at radius 2 is 2.04 bits per heavy atom. The molecule has 1 aliphatic rings. The molecule has 0 aromatic heterocycles. The fourth-order valence-electron chi connectivity index (χ4n) is 2.77. The number of benzene rings is 2. The molecule has 0 unspecified atom stereocenters. The number of amidine groups is 1. The predicted molar refractivity (Wildman–Crippen MR) is 85.5 cm³/mol. The number of nitrogens with two attached hydrogens (primary N) is 1. The van der Waals surface area contributed by atoms with E-state index in [1.807, 2.05) is 6.07 Å². The number of nitrogens with zero attached hydrogens (tertiary/aromatic N) is 3. The van der Waals surface area contributed by atoms with E-state index in [0.29, 0.717) is 22.4 Å². The number of halogens is 3. The average molecular weight is 359 g/mol. The maximum Gasteiger partial charge on any atom is 0.416 e. The van der Waals surface area contributed by atoms with Crippen molar-refractivity contribution in [3.63, 3.8) is 0 Å². The molecule has 0 bridgehead atoms. The van der Waals surface area contributed by atoms with E-state index < -0.39 is 17.8 Å². The quantitative estimate of drug-likeness (QED) is 0.279. The summed E-state index contributed by atoms with van der Waals surface area (Å²) in [5.74, 6) is 5.07. The van der Waals surface area contributed by atoms with E-state index in [0.717, 1.165) is 12.1 Å². The van der Waals surface area contributed by atoms with Crippen molar-refractivity contribution >= 4 is 5.84 Å². The van der Waals surface area contributed by atoms with Crippen LogP contribution in [0.25, 0.3) is 0 Å². The van der Waals surface area contributed by atoms with E-state index in [1.165, 1.54) is 12.1 Å². The first kappa shape index (κ1) is 17.4. The number of rotatable bonds is 2. The van der Waals surface area contributed by atoms with Crippen LogP contribution in [-0.4, -0.2) is 5.84 Å². The van der Waals surface area contributed by atoms with E-state index in [-0.39, 0.29) is 17.8 Å². The molecule has 9 heteroatoms. The molecule has 1 heterocycles.